The zero-order valence-corrected chi connectivity index (χ0v) is 8.59. The number of aryl methyl sites for hydroxylation is 1. The van der Waals surface area contributed by atoms with E-state index in [-0.39, 0.29) is 0 Å². The van der Waals surface area contributed by atoms with Gasteiger partial charge in [-0.15, -0.1) is 0 Å². The second-order valence-electron chi connectivity index (χ2n) is 3.54. The zero-order valence-electron chi connectivity index (χ0n) is 8.59. The average molecular weight is 180 g/mol. The average Bonchev–Trinajstić information content (AvgIpc) is 2.08. The Bertz CT molecular complexity index is 303. The van der Waals surface area contributed by atoms with Crippen LogP contribution in [-0.2, 0) is 0 Å². The molecule has 1 aromatic carbocycles. The van der Waals surface area contributed by atoms with E-state index in [9.17, 15) is 5.11 Å². The molecule has 1 aromatic rings. The maximum Gasteiger partial charge on any atom is 0.126 e. The second-order valence-corrected chi connectivity index (χ2v) is 3.54. The normalized spacial score (nSPS) is 10.5. The van der Waals surface area contributed by atoms with Crippen LogP contribution in [0.3, 0.4) is 0 Å². The minimum absolute atomic E-state index is 0.293. The quantitative estimate of drug-likeness (QED) is 0.758. The van der Waals surface area contributed by atoms with Gasteiger partial charge in [0.25, 0.3) is 0 Å². The van der Waals surface area contributed by atoms with Gasteiger partial charge in [-0.3, -0.25) is 0 Å². The number of ether oxygens (including phenoxy) is 1. The van der Waals surface area contributed by atoms with E-state index in [1.54, 1.807) is 13.2 Å². The Morgan fingerprint density at radius 2 is 1.92 bits per heavy atom. The fraction of sp³-hybridized carbons (Fsp3) is 0.455. The number of hydrogen-bond donors (Lipinski definition) is 1. The Kier molecular flexibility index (Phi) is 2.81. The van der Waals surface area contributed by atoms with Gasteiger partial charge in [-0.1, -0.05) is 13.8 Å². The molecule has 0 aromatic heterocycles. The summed E-state index contributed by atoms with van der Waals surface area (Å²) in [5, 5.41) is 9.46. The van der Waals surface area contributed by atoms with E-state index in [0.29, 0.717) is 11.7 Å². The molecular formula is C11H16O2. The summed E-state index contributed by atoms with van der Waals surface area (Å²) in [6.45, 7) is 6.10. The van der Waals surface area contributed by atoms with Crippen molar-refractivity contribution >= 4 is 0 Å². The van der Waals surface area contributed by atoms with Crippen molar-refractivity contribution in [2.75, 3.05) is 7.11 Å². The Labute approximate surface area is 79.2 Å². The Morgan fingerprint density at radius 1 is 1.31 bits per heavy atom. The molecule has 0 saturated heterocycles. The predicted molar refractivity (Wildman–Crippen MR) is 53.5 cm³/mol. The molecule has 0 aliphatic rings. The lowest BCUT2D eigenvalue weighted by atomic mass is 9.99. The molecule has 72 valence electrons. The van der Waals surface area contributed by atoms with Crippen LogP contribution in [-0.4, -0.2) is 12.2 Å². The van der Waals surface area contributed by atoms with Crippen LogP contribution in [0.4, 0.5) is 0 Å². The highest BCUT2D eigenvalue weighted by Gasteiger charge is 2.09. The third kappa shape index (κ3) is 1.94. The fourth-order valence-corrected chi connectivity index (χ4v) is 1.33. The maximum atomic E-state index is 9.46. The van der Waals surface area contributed by atoms with E-state index in [1.165, 1.54) is 0 Å². The predicted octanol–water partition coefficient (Wildman–Crippen LogP) is 2.83. The molecule has 1 N–H and O–H groups in total. The summed E-state index contributed by atoms with van der Waals surface area (Å²) in [7, 11) is 1.62. The lowest BCUT2D eigenvalue weighted by Gasteiger charge is -2.13. The van der Waals surface area contributed by atoms with E-state index >= 15 is 0 Å². The van der Waals surface area contributed by atoms with Gasteiger partial charge < -0.3 is 9.84 Å². The fourth-order valence-electron chi connectivity index (χ4n) is 1.33. The van der Waals surface area contributed by atoms with Crippen molar-refractivity contribution in [2.24, 2.45) is 0 Å². The summed E-state index contributed by atoms with van der Waals surface area (Å²) in [5.41, 5.74) is 2.03. The summed E-state index contributed by atoms with van der Waals surface area (Å²) in [6, 6.07) is 3.64. The lowest BCUT2D eigenvalue weighted by molar-refractivity contribution is 0.400. The molecule has 0 spiro atoms. The van der Waals surface area contributed by atoms with Crippen LogP contribution >= 0.6 is 0 Å². The molecule has 0 radical (unpaired) electrons. The molecule has 0 bridgehead atoms. The SMILES string of the molecule is COc1cc(O)c(C)cc1C(C)C. The van der Waals surface area contributed by atoms with Crippen molar-refractivity contribution in [3.05, 3.63) is 23.3 Å². The molecule has 0 aliphatic carbocycles. The molecule has 0 amide bonds. The highest BCUT2D eigenvalue weighted by atomic mass is 16.5. The number of aromatic hydroxyl groups is 1. The number of hydrogen-bond acceptors (Lipinski definition) is 2. The van der Waals surface area contributed by atoms with E-state index in [2.05, 4.69) is 13.8 Å². The molecule has 13 heavy (non-hydrogen) atoms. The Morgan fingerprint density at radius 3 is 2.38 bits per heavy atom. The lowest BCUT2D eigenvalue weighted by Crippen LogP contribution is -1.95. The first-order chi connectivity index (χ1) is 6.06. The topological polar surface area (TPSA) is 29.5 Å². The molecule has 2 nitrogen and oxygen atoms in total. The Balaban J connectivity index is 3.25. The maximum absolute atomic E-state index is 9.46. The summed E-state index contributed by atoms with van der Waals surface area (Å²) >= 11 is 0. The van der Waals surface area contributed by atoms with Crippen LogP contribution in [0.25, 0.3) is 0 Å². The first-order valence-electron chi connectivity index (χ1n) is 4.43. The number of benzene rings is 1. The van der Waals surface area contributed by atoms with Gasteiger partial charge in [0.1, 0.15) is 11.5 Å². The van der Waals surface area contributed by atoms with Gasteiger partial charge in [0, 0.05) is 6.07 Å². The van der Waals surface area contributed by atoms with E-state index < -0.39 is 0 Å². The molecule has 2 heteroatoms. The van der Waals surface area contributed by atoms with Gasteiger partial charge in [0.2, 0.25) is 0 Å². The number of methoxy groups -OCH3 is 1. The van der Waals surface area contributed by atoms with Gasteiger partial charge in [0.05, 0.1) is 7.11 Å². The van der Waals surface area contributed by atoms with Crippen LogP contribution in [0.2, 0.25) is 0 Å². The van der Waals surface area contributed by atoms with E-state index in [4.69, 9.17) is 4.74 Å². The second kappa shape index (κ2) is 3.69. The summed E-state index contributed by atoms with van der Waals surface area (Å²) < 4.78 is 5.18. The van der Waals surface area contributed by atoms with Crippen molar-refractivity contribution in [1.82, 2.24) is 0 Å². The van der Waals surface area contributed by atoms with Crippen LogP contribution in [0.15, 0.2) is 12.1 Å². The molecule has 0 heterocycles. The van der Waals surface area contributed by atoms with Crippen molar-refractivity contribution < 1.29 is 9.84 Å². The molecule has 0 aliphatic heterocycles. The Hall–Kier alpha value is -1.18. The summed E-state index contributed by atoms with van der Waals surface area (Å²) in [6.07, 6.45) is 0. The first kappa shape index (κ1) is 9.90. The van der Waals surface area contributed by atoms with Crippen molar-refractivity contribution in [3.8, 4) is 11.5 Å². The zero-order chi connectivity index (χ0) is 10.0. The number of rotatable bonds is 2. The monoisotopic (exact) mass is 180 g/mol. The summed E-state index contributed by atoms with van der Waals surface area (Å²) in [4.78, 5) is 0. The van der Waals surface area contributed by atoms with Crippen molar-refractivity contribution in [2.45, 2.75) is 26.7 Å². The molecule has 0 unspecified atom stereocenters. The highest BCUT2D eigenvalue weighted by molar-refractivity contribution is 5.46. The molecular weight excluding hydrogens is 164 g/mol. The summed E-state index contributed by atoms with van der Waals surface area (Å²) in [5.74, 6) is 1.47. The standard InChI is InChI=1S/C11H16O2/c1-7(2)9-5-8(3)10(12)6-11(9)13-4/h5-7,12H,1-4H3. The number of phenols is 1. The van der Waals surface area contributed by atoms with Crippen LogP contribution < -0.4 is 4.74 Å². The number of phenolic OH excluding ortho intramolecular Hbond substituents is 1. The minimum atomic E-state index is 0.293. The third-order valence-corrected chi connectivity index (χ3v) is 2.17. The minimum Gasteiger partial charge on any atom is -0.508 e. The molecule has 0 fully saturated rings. The van der Waals surface area contributed by atoms with E-state index in [0.717, 1.165) is 16.9 Å². The molecule has 0 atom stereocenters. The van der Waals surface area contributed by atoms with Crippen LogP contribution in [0, 0.1) is 6.92 Å². The van der Waals surface area contributed by atoms with Gasteiger partial charge in [-0.25, -0.2) is 0 Å². The third-order valence-electron chi connectivity index (χ3n) is 2.17. The molecule has 0 saturated carbocycles. The van der Waals surface area contributed by atoms with Gasteiger partial charge in [0.15, 0.2) is 0 Å². The van der Waals surface area contributed by atoms with Gasteiger partial charge in [-0.05, 0) is 30.0 Å². The van der Waals surface area contributed by atoms with Crippen molar-refractivity contribution in [3.63, 3.8) is 0 Å². The smallest absolute Gasteiger partial charge is 0.126 e. The first-order valence-corrected chi connectivity index (χ1v) is 4.43. The van der Waals surface area contributed by atoms with Gasteiger partial charge >= 0.3 is 0 Å². The van der Waals surface area contributed by atoms with Gasteiger partial charge in [-0.2, -0.15) is 0 Å². The molecule has 1 rings (SSSR count). The van der Waals surface area contributed by atoms with E-state index in [1.807, 2.05) is 13.0 Å². The van der Waals surface area contributed by atoms with Crippen LogP contribution in [0.5, 0.6) is 11.5 Å². The largest absolute Gasteiger partial charge is 0.508 e. The van der Waals surface area contributed by atoms with Crippen molar-refractivity contribution in [1.29, 1.82) is 0 Å². The highest BCUT2D eigenvalue weighted by Crippen LogP contribution is 2.32. The van der Waals surface area contributed by atoms with Crippen LogP contribution in [0.1, 0.15) is 30.9 Å².